The van der Waals surface area contributed by atoms with Crippen molar-refractivity contribution in [2.75, 3.05) is 0 Å². The van der Waals surface area contributed by atoms with Gasteiger partial charge in [-0.1, -0.05) is 13.0 Å². The van der Waals surface area contributed by atoms with Gasteiger partial charge in [0.25, 0.3) is 0 Å². The Balaban J connectivity index is 2.11. The molecule has 0 fully saturated rings. The molecule has 0 radical (unpaired) electrons. The predicted molar refractivity (Wildman–Crippen MR) is 62.1 cm³/mol. The van der Waals surface area contributed by atoms with Crippen molar-refractivity contribution in [3.8, 4) is 0 Å². The fourth-order valence-electron chi connectivity index (χ4n) is 1.54. The van der Waals surface area contributed by atoms with Gasteiger partial charge < -0.3 is 9.52 Å². The molecule has 17 heavy (non-hydrogen) atoms. The maximum Gasteiger partial charge on any atom is 0.371 e. The van der Waals surface area contributed by atoms with E-state index in [9.17, 15) is 4.79 Å². The number of carbonyl (C=O) groups is 1. The minimum atomic E-state index is -1.05. The molecule has 0 aliphatic rings. The molecule has 2 aromatic rings. The molecular weight excluding hydrogens is 218 g/mol. The van der Waals surface area contributed by atoms with Crippen LogP contribution < -0.4 is 0 Å². The van der Waals surface area contributed by atoms with Gasteiger partial charge in [-0.25, -0.2) is 4.79 Å². The molecule has 0 bridgehead atoms. The second-order valence-electron chi connectivity index (χ2n) is 3.76. The van der Waals surface area contributed by atoms with E-state index in [0.29, 0.717) is 12.2 Å². The normalized spacial score (nSPS) is 10.4. The molecule has 0 spiro atoms. The zero-order valence-electron chi connectivity index (χ0n) is 9.51. The van der Waals surface area contributed by atoms with E-state index in [2.05, 4.69) is 11.9 Å². The minimum Gasteiger partial charge on any atom is -0.475 e. The van der Waals surface area contributed by atoms with E-state index in [1.165, 1.54) is 11.6 Å². The summed E-state index contributed by atoms with van der Waals surface area (Å²) < 4.78 is 5.17. The number of aromatic carboxylic acids is 1. The molecule has 0 amide bonds. The highest BCUT2D eigenvalue weighted by Crippen LogP contribution is 2.12. The van der Waals surface area contributed by atoms with Gasteiger partial charge in [-0.05, 0) is 30.2 Å². The number of carboxylic acids is 1. The van der Waals surface area contributed by atoms with Crippen molar-refractivity contribution in [2.45, 2.75) is 19.8 Å². The highest BCUT2D eigenvalue weighted by Gasteiger charge is 2.09. The molecule has 0 saturated heterocycles. The van der Waals surface area contributed by atoms with Crippen LogP contribution in [0.25, 0.3) is 0 Å². The Kier molecular flexibility index (Phi) is 3.23. The van der Waals surface area contributed by atoms with Crippen molar-refractivity contribution >= 4 is 5.97 Å². The highest BCUT2D eigenvalue weighted by molar-refractivity contribution is 5.84. The summed E-state index contributed by atoms with van der Waals surface area (Å²) in [4.78, 5) is 14.9. The lowest BCUT2D eigenvalue weighted by Crippen LogP contribution is -1.93. The lowest BCUT2D eigenvalue weighted by Gasteiger charge is -1.99. The van der Waals surface area contributed by atoms with Crippen molar-refractivity contribution in [3.05, 3.63) is 53.2 Å². The summed E-state index contributed by atoms with van der Waals surface area (Å²) in [6, 6.07) is 7.07. The quantitative estimate of drug-likeness (QED) is 0.878. The first-order valence-corrected chi connectivity index (χ1v) is 5.45. The Labute approximate surface area is 98.9 Å². The van der Waals surface area contributed by atoms with Crippen LogP contribution in [0.2, 0.25) is 0 Å². The van der Waals surface area contributed by atoms with Crippen molar-refractivity contribution in [1.82, 2.24) is 4.98 Å². The van der Waals surface area contributed by atoms with Gasteiger partial charge in [-0.3, -0.25) is 4.98 Å². The van der Waals surface area contributed by atoms with Crippen LogP contribution in [0.3, 0.4) is 0 Å². The number of aromatic nitrogens is 1. The number of nitrogens with zero attached hydrogens (tertiary/aromatic N) is 1. The standard InChI is InChI=1S/C13H13NO3/c1-2-9-3-4-10(14-8-9)7-11-5-6-12(17-11)13(15)16/h3-6,8H,2,7H2,1H3,(H,15,16). The fraction of sp³-hybridized carbons (Fsp3) is 0.231. The lowest BCUT2D eigenvalue weighted by molar-refractivity contribution is 0.0660. The third kappa shape index (κ3) is 2.72. The predicted octanol–water partition coefficient (Wildman–Crippen LogP) is 2.53. The van der Waals surface area contributed by atoms with Gasteiger partial charge in [0.05, 0.1) is 0 Å². The first-order valence-electron chi connectivity index (χ1n) is 5.45. The summed E-state index contributed by atoms with van der Waals surface area (Å²) in [6.45, 7) is 2.07. The Morgan fingerprint density at radius 3 is 2.71 bits per heavy atom. The number of hydrogen-bond donors (Lipinski definition) is 1. The van der Waals surface area contributed by atoms with Gasteiger partial charge in [-0.2, -0.15) is 0 Å². The van der Waals surface area contributed by atoms with Crippen LogP contribution in [0.15, 0.2) is 34.9 Å². The van der Waals surface area contributed by atoms with E-state index in [-0.39, 0.29) is 5.76 Å². The van der Waals surface area contributed by atoms with Crippen molar-refractivity contribution < 1.29 is 14.3 Å². The summed E-state index contributed by atoms with van der Waals surface area (Å²) in [6.07, 6.45) is 3.30. The number of rotatable bonds is 4. The number of pyridine rings is 1. The Morgan fingerprint density at radius 2 is 2.18 bits per heavy atom. The van der Waals surface area contributed by atoms with Crippen LogP contribution in [-0.4, -0.2) is 16.1 Å². The number of carboxylic acid groups (broad SMARTS) is 1. The fourth-order valence-corrected chi connectivity index (χ4v) is 1.54. The second-order valence-corrected chi connectivity index (χ2v) is 3.76. The summed E-state index contributed by atoms with van der Waals surface area (Å²) in [5.41, 5.74) is 2.05. The summed E-state index contributed by atoms with van der Waals surface area (Å²) in [5.74, 6) is -0.477. The summed E-state index contributed by atoms with van der Waals surface area (Å²) in [5, 5.41) is 8.72. The van der Waals surface area contributed by atoms with Gasteiger partial charge in [0.1, 0.15) is 5.76 Å². The number of furan rings is 1. The zero-order valence-corrected chi connectivity index (χ0v) is 9.51. The average molecular weight is 231 g/mol. The van der Waals surface area contributed by atoms with Crippen molar-refractivity contribution in [1.29, 1.82) is 0 Å². The largest absolute Gasteiger partial charge is 0.475 e. The van der Waals surface area contributed by atoms with Crippen LogP contribution >= 0.6 is 0 Å². The Bertz CT molecular complexity index is 514. The molecule has 0 aromatic carbocycles. The van der Waals surface area contributed by atoms with Crippen LogP contribution in [0.4, 0.5) is 0 Å². The van der Waals surface area contributed by atoms with Gasteiger partial charge in [-0.15, -0.1) is 0 Å². The zero-order chi connectivity index (χ0) is 12.3. The second kappa shape index (κ2) is 4.82. The van der Waals surface area contributed by atoms with E-state index in [1.54, 1.807) is 6.07 Å². The molecule has 2 aromatic heterocycles. The Morgan fingerprint density at radius 1 is 1.35 bits per heavy atom. The summed E-state index contributed by atoms with van der Waals surface area (Å²) >= 11 is 0. The van der Waals surface area contributed by atoms with E-state index in [1.807, 2.05) is 18.3 Å². The molecule has 2 rings (SSSR count). The van der Waals surface area contributed by atoms with Crippen molar-refractivity contribution in [3.63, 3.8) is 0 Å². The molecule has 0 saturated carbocycles. The van der Waals surface area contributed by atoms with E-state index < -0.39 is 5.97 Å². The molecule has 88 valence electrons. The lowest BCUT2D eigenvalue weighted by atomic mass is 10.2. The van der Waals surface area contributed by atoms with Crippen LogP contribution in [0.5, 0.6) is 0 Å². The third-order valence-corrected chi connectivity index (χ3v) is 2.52. The van der Waals surface area contributed by atoms with Crippen LogP contribution in [-0.2, 0) is 12.8 Å². The molecule has 4 nitrogen and oxygen atoms in total. The molecule has 0 atom stereocenters. The monoisotopic (exact) mass is 231 g/mol. The maximum absolute atomic E-state index is 10.6. The Hall–Kier alpha value is -2.10. The van der Waals surface area contributed by atoms with Crippen LogP contribution in [0, 0.1) is 0 Å². The molecule has 0 unspecified atom stereocenters. The molecule has 1 N–H and O–H groups in total. The van der Waals surface area contributed by atoms with Gasteiger partial charge in [0.2, 0.25) is 5.76 Å². The molecule has 4 heteroatoms. The SMILES string of the molecule is CCc1ccc(Cc2ccc(C(=O)O)o2)nc1. The molecular formula is C13H13NO3. The topological polar surface area (TPSA) is 63.3 Å². The number of aryl methyl sites for hydroxylation is 1. The van der Waals surface area contributed by atoms with Gasteiger partial charge in [0.15, 0.2) is 0 Å². The smallest absolute Gasteiger partial charge is 0.371 e. The van der Waals surface area contributed by atoms with Crippen molar-refractivity contribution in [2.24, 2.45) is 0 Å². The summed E-state index contributed by atoms with van der Waals surface area (Å²) in [7, 11) is 0. The van der Waals surface area contributed by atoms with Gasteiger partial charge >= 0.3 is 5.97 Å². The molecule has 0 aliphatic heterocycles. The number of hydrogen-bond acceptors (Lipinski definition) is 3. The van der Waals surface area contributed by atoms with Gasteiger partial charge in [0, 0.05) is 18.3 Å². The third-order valence-electron chi connectivity index (χ3n) is 2.52. The molecule has 2 heterocycles. The maximum atomic E-state index is 10.6. The van der Waals surface area contributed by atoms with Crippen LogP contribution in [0.1, 0.15) is 34.5 Å². The first kappa shape index (κ1) is 11.4. The minimum absolute atomic E-state index is 0.0369. The van der Waals surface area contributed by atoms with E-state index >= 15 is 0 Å². The first-order chi connectivity index (χ1) is 8.19. The highest BCUT2D eigenvalue weighted by atomic mass is 16.4. The molecule has 0 aliphatic carbocycles. The van der Waals surface area contributed by atoms with E-state index in [0.717, 1.165) is 12.1 Å². The average Bonchev–Trinajstić information content (AvgIpc) is 2.79. The van der Waals surface area contributed by atoms with E-state index in [4.69, 9.17) is 9.52 Å².